The predicted octanol–water partition coefficient (Wildman–Crippen LogP) is 5.68. The summed E-state index contributed by atoms with van der Waals surface area (Å²) in [7, 11) is 0. The quantitative estimate of drug-likeness (QED) is 0.593. The van der Waals surface area contributed by atoms with Crippen molar-refractivity contribution in [3.8, 4) is 0 Å². The van der Waals surface area contributed by atoms with E-state index in [-0.39, 0.29) is 0 Å². The Morgan fingerprint density at radius 1 is 0.464 bits per heavy atom. The monoisotopic (exact) mass is 374 g/mol. The minimum Gasteiger partial charge on any atom is -0.261 e. The minimum absolute atomic E-state index is 1.22. The Hall–Kier alpha value is -1.70. The molecule has 2 heteroatoms. The van der Waals surface area contributed by atoms with E-state index in [1.54, 1.807) is 27.8 Å². The van der Waals surface area contributed by atoms with Crippen molar-refractivity contribution in [1.29, 1.82) is 0 Å². The summed E-state index contributed by atoms with van der Waals surface area (Å²) in [6, 6.07) is 2.45. The van der Waals surface area contributed by atoms with Crippen molar-refractivity contribution in [2.45, 2.75) is 103 Å². The average molecular weight is 375 g/mol. The van der Waals surface area contributed by atoms with Gasteiger partial charge in [0, 0.05) is 23.3 Å². The molecule has 2 aromatic rings. The number of aryl methyl sites for hydroxylation is 6. The predicted molar refractivity (Wildman–Crippen MR) is 115 cm³/mol. The lowest BCUT2D eigenvalue weighted by Gasteiger charge is -2.24. The van der Waals surface area contributed by atoms with Gasteiger partial charge in [0.15, 0.2) is 0 Å². The van der Waals surface area contributed by atoms with E-state index < -0.39 is 0 Å². The van der Waals surface area contributed by atoms with Gasteiger partial charge in [-0.15, -0.1) is 0 Å². The molecule has 0 amide bonds. The summed E-state index contributed by atoms with van der Waals surface area (Å²) in [5.74, 6) is 0. The lowest BCUT2D eigenvalue weighted by molar-refractivity contribution is 0.625. The summed E-state index contributed by atoms with van der Waals surface area (Å²) >= 11 is 0. The van der Waals surface area contributed by atoms with E-state index in [0.29, 0.717) is 0 Å². The molecule has 2 heterocycles. The highest BCUT2D eigenvalue weighted by Gasteiger charge is 2.19. The molecule has 0 atom stereocenters. The molecule has 0 N–H and O–H groups in total. The lowest BCUT2D eigenvalue weighted by atomic mass is 9.84. The van der Waals surface area contributed by atoms with Gasteiger partial charge in [-0.3, -0.25) is 9.97 Å². The fraction of sp³-hybridized carbons (Fsp3) is 0.615. The first kappa shape index (κ1) is 18.3. The largest absolute Gasteiger partial charge is 0.261 e. The molecule has 2 aromatic heterocycles. The highest BCUT2D eigenvalue weighted by Crippen LogP contribution is 2.30. The number of fused-ring (bicyclic) bond motifs is 5. The van der Waals surface area contributed by atoms with Crippen LogP contribution in [0.3, 0.4) is 0 Å². The molecule has 0 radical (unpaired) electrons. The molecule has 0 bridgehead atoms. The van der Waals surface area contributed by atoms with E-state index >= 15 is 0 Å². The van der Waals surface area contributed by atoms with Crippen molar-refractivity contribution in [1.82, 2.24) is 9.97 Å². The van der Waals surface area contributed by atoms with Crippen LogP contribution < -0.4 is 0 Å². The van der Waals surface area contributed by atoms with Crippen molar-refractivity contribution < 1.29 is 0 Å². The second kappa shape index (κ2) is 8.35. The number of hydrogen-bond donors (Lipinski definition) is 0. The van der Waals surface area contributed by atoms with E-state index in [0.717, 1.165) is 0 Å². The number of aromatic nitrogens is 2. The Morgan fingerprint density at radius 2 is 0.964 bits per heavy atom. The van der Waals surface area contributed by atoms with E-state index in [9.17, 15) is 0 Å². The number of hydrogen-bond acceptors (Lipinski definition) is 2. The third kappa shape index (κ3) is 3.75. The Balaban J connectivity index is 0.000000122. The molecule has 148 valence electrons. The van der Waals surface area contributed by atoms with Gasteiger partial charge in [0.25, 0.3) is 0 Å². The highest BCUT2D eigenvalue weighted by atomic mass is 14.7. The van der Waals surface area contributed by atoms with Crippen LogP contribution in [-0.2, 0) is 51.4 Å². The van der Waals surface area contributed by atoms with E-state index in [1.807, 2.05) is 0 Å². The molecule has 0 fully saturated rings. The van der Waals surface area contributed by atoms with Crippen LogP contribution in [0.5, 0.6) is 0 Å². The van der Waals surface area contributed by atoms with Crippen molar-refractivity contribution in [3.05, 3.63) is 57.2 Å². The van der Waals surface area contributed by atoms with Gasteiger partial charge in [0.2, 0.25) is 0 Å². The Morgan fingerprint density at radius 3 is 1.64 bits per heavy atom. The molecule has 28 heavy (non-hydrogen) atoms. The second-order valence-electron chi connectivity index (χ2n) is 9.22. The normalized spacial score (nSPS) is 20.0. The molecule has 0 saturated carbocycles. The summed E-state index contributed by atoms with van der Waals surface area (Å²) < 4.78 is 0. The van der Waals surface area contributed by atoms with Gasteiger partial charge in [-0.1, -0.05) is 6.07 Å². The number of pyridine rings is 2. The molecule has 4 aliphatic rings. The van der Waals surface area contributed by atoms with E-state index in [2.05, 4.69) is 17.2 Å². The maximum absolute atomic E-state index is 4.85. The van der Waals surface area contributed by atoms with Crippen molar-refractivity contribution in [3.63, 3.8) is 0 Å². The summed E-state index contributed by atoms with van der Waals surface area (Å²) in [5.41, 5.74) is 12.2. The molecule has 0 spiro atoms. The van der Waals surface area contributed by atoms with Crippen LogP contribution in [0.25, 0.3) is 0 Å². The molecular weight excluding hydrogens is 340 g/mol. The number of rotatable bonds is 0. The molecule has 0 aromatic carbocycles. The summed E-state index contributed by atoms with van der Waals surface area (Å²) in [6.45, 7) is 0. The van der Waals surface area contributed by atoms with E-state index in [1.165, 1.54) is 120 Å². The highest BCUT2D eigenvalue weighted by molar-refractivity contribution is 5.39. The summed E-state index contributed by atoms with van der Waals surface area (Å²) in [6.07, 6.45) is 23.2. The van der Waals surface area contributed by atoms with Gasteiger partial charge in [0.1, 0.15) is 0 Å². The van der Waals surface area contributed by atoms with Crippen molar-refractivity contribution >= 4 is 0 Å². The molecule has 6 rings (SSSR count). The van der Waals surface area contributed by atoms with E-state index in [4.69, 9.17) is 4.98 Å². The molecule has 2 nitrogen and oxygen atoms in total. The Kier molecular flexibility index (Phi) is 5.47. The van der Waals surface area contributed by atoms with Crippen molar-refractivity contribution in [2.24, 2.45) is 0 Å². The van der Waals surface area contributed by atoms with Crippen LogP contribution in [0.15, 0.2) is 12.3 Å². The Labute approximate surface area is 170 Å². The molecule has 4 aliphatic carbocycles. The van der Waals surface area contributed by atoms with Crippen molar-refractivity contribution in [2.75, 3.05) is 0 Å². The van der Waals surface area contributed by atoms with Crippen LogP contribution in [0, 0.1) is 0 Å². The summed E-state index contributed by atoms with van der Waals surface area (Å²) in [5, 5.41) is 0. The second-order valence-corrected chi connectivity index (χ2v) is 9.22. The van der Waals surface area contributed by atoms with Crippen LogP contribution in [0.4, 0.5) is 0 Å². The van der Waals surface area contributed by atoms with Crippen LogP contribution in [-0.4, -0.2) is 9.97 Å². The number of nitrogens with zero attached hydrogens (tertiary/aromatic N) is 2. The molecular formula is C26H34N2. The zero-order valence-corrected chi connectivity index (χ0v) is 17.4. The minimum atomic E-state index is 1.22. The van der Waals surface area contributed by atoms with Crippen LogP contribution in [0.2, 0.25) is 0 Å². The SMILES string of the molecule is c1c2c(nc3c1CCCC3)CCCC2.c1nc2c(c3c1CCCC3)CCCC2. The first-order valence-electron chi connectivity index (χ1n) is 11.9. The van der Waals surface area contributed by atoms with Crippen LogP contribution >= 0.6 is 0 Å². The topological polar surface area (TPSA) is 25.8 Å². The Bertz CT molecular complexity index is 745. The lowest BCUT2D eigenvalue weighted by Crippen LogP contribution is -2.14. The summed E-state index contributed by atoms with van der Waals surface area (Å²) in [4.78, 5) is 9.49. The van der Waals surface area contributed by atoms with Gasteiger partial charge in [-0.2, -0.15) is 0 Å². The van der Waals surface area contributed by atoms with Gasteiger partial charge < -0.3 is 0 Å². The third-order valence-electron chi connectivity index (χ3n) is 7.27. The van der Waals surface area contributed by atoms with Gasteiger partial charge in [-0.05, 0) is 131 Å². The standard InChI is InChI=1S/2C13H17N/c1-3-7-12-10(5-1)9-11-6-2-4-8-13(11)14-12;1-2-6-11-10(5-1)9-14-13-8-4-3-7-12(11)13/h2*9H,1-8H2. The molecule has 0 unspecified atom stereocenters. The van der Waals surface area contributed by atoms with Gasteiger partial charge in [0.05, 0.1) is 0 Å². The molecule has 0 saturated heterocycles. The molecule has 0 aliphatic heterocycles. The smallest absolute Gasteiger partial charge is 0.0439 e. The van der Waals surface area contributed by atoms with Crippen LogP contribution in [0.1, 0.15) is 96.3 Å². The maximum atomic E-state index is 4.85. The first-order valence-corrected chi connectivity index (χ1v) is 11.9. The zero-order valence-electron chi connectivity index (χ0n) is 17.4. The first-order chi connectivity index (χ1) is 13.9. The third-order valence-corrected chi connectivity index (χ3v) is 7.27. The average Bonchev–Trinajstić information content (AvgIpc) is 2.78. The fourth-order valence-corrected chi connectivity index (χ4v) is 5.69. The van der Waals surface area contributed by atoms with Gasteiger partial charge in [-0.25, -0.2) is 0 Å². The maximum Gasteiger partial charge on any atom is 0.0439 e. The zero-order chi connectivity index (χ0) is 18.8. The fourth-order valence-electron chi connectivity index (χ4n) is 5.69. The van der Waals surface area contributed by atoms with Gasteiger partial charge >= 0.3 is 0 Å².